The molecule has 20 heavy (non-hydrogen) atoms. The Balaban J connectivity index is 1.79. The van der Waals surface area contributed by atoms with Crippen molar-refractivity contribution >= 4 is 5.84 Å². The van der Waals surface area contributed by atoms with Crippen LogP contribution in [0.15, 0.2) is 17.4 Å². The molecular weight excluding hydrogens is 256 g/mol. The van der Waals surface area contributed by atoms with Gasteiger partial charge in [0, 0.05) is 45.0 Å². The van der Waals surface area contributed by atoms with Crippen LogP contribution in [0.3, 0.4) is 0 Å². The van der Waals surface area contributed by atoms with Crippen molar-refractivity contribution in [3.05, 3.63) is 18.0 Å². The van der Waals surface area contributed by atoms with E-state index in [1.807, 2.05) is 10.9 Å². The van der Waals surface area contributed by atoms with E-state index in [0.29, 0.717) is 12.6 Å². The largest absolute Gasteiger partial charge is 0.409 e. The maximum absolute atomic E-state index is 8.57. The van der Waals surface area contributed by atoms with E-state index in [1.54, 1.807) is 0 Å². The Labute approximate surface area is 119 Å². The van der Waals surface area contributed by atoms with Gasteiger partial charge in [0.15, 0.2) is 5.84 Å². The van der Waals surface area contributed by atoms with E-state index < -0.39 is 0 Å². The van der Waals surface area contributed by atoms with Crippen molar-refractivity contribution in [1.29, 1.82) is 0 Å². The zero-order chi connectivity index (χ0) is 14.5. The number of piperazine rings is 1. The van der Waals surface area contributed by atoms with E-state index in [9.17, 15) is 0 Å². The summed E-state index contributed by atoms with van der Waals surface area (Å²) in [5, 5.41) is 16.2. The first-order valence-electron chi connectivity index (χ1n) is 7.03. The van der Waals surface area contributed by atoms with Gasteiger partial charge in [-0.05, 0) is 19.9 Å². The van der Waals surface area contributed by atoms with Gasteiger partial charge in [-0.1, -0.05) is 5.16 Å². The van der Waals surface area contributed by atoms with Gasteiger partial charge < -0.3 is 10.9 Å². The number of amidine groups is 1. The first kappa shape index (κ1) is 14.8. The summed E-state index contributed by atoms with van der Waals surface area (Å²) in [4.78, 5) is 4.58. The van der Waals surface area contributed by atoms with E-state index >= 15 is 0 Å². The van der Waals surface area contributed by atoms with Crippen LogP contribution in [0.25, 0.3) is 0 Å². The quantitative estimate of drug-likeness (QED) is 0.351. The molecule has 0 spiro atoms. The van der Waals surface area contributed by atoms with Crippen molar-refractivity contribution in [3.8, 4) is 0 Å². The van der Waals surface area contributed by atoms with Crippen LogP contribution in [0.1, 0.15) is 25.6 Å². The number of rotatable bonds is 5. The van der Waals surface area contributed by atoms with Crippen molar-refractivity contribution in [2.24, 2.45) is 10.9 Å². The summed E-state index contributed by atoms with van der Waals surface area (Å²) in [5.74, 6) is 0.272. The normalized spacial score (nSPS) is 18.9. The summed E-state index contributed by atoms with van der Waals surface area (Å²) in [5.41, 5.74) is 6.64. The van der Waals surface area contributed by atoms with E-state index in [4.69, 9.17) is 10.9 Å². The third kappa shape index (κ3) is 3.94. The number of oxime groups is 1. The molecule has 0 amide bonds. The second kappa shape index (κ2) is 6.71. The summed E-state index contributed by atoms with van der Waals surface area (Å²) in [7, 11) is 0. The van der Waals surface area contributed by atoms with Crippen LogP contribution >= 0.6 is 0 Å². The molecule has 1 aromatic heterocycles. The molecule has 7 heteroatoms. The Bertz CT molecular complexity index is 447. The van der Waals surface area contributed by atoms with Crippen LogP contribution in [0.2, 0.25) is 0 Å². The zero-order valence-corrected chi connectivity index (χ0v) is 12.2. The third-order valence-electron chi connectivity index (χ3n) is 3.56. The molecule has 7 nitrogen and oxygen atoms in total. The molecule has 1 aliphatic heterocycles. The monoisotopic (exact) mass is 280 g/mol. The standard InChI is InChI=1S/C13H24N6O/c1-11(2)19-4-3-12(15-19)9-17-5-7-18(8-6-17)10-13(14)16-20/h3-4,11,20H,5-10H2,1-2H3,(H2,14,16). The summed E-state index contributed by atoms with van der Waals surface area (Å²) in [6, 6.07) is 2.49. The van der Waals surface area contributed by atoms with E-state index in [2.05, 4.69) is 40.0 Å². The van der Waals surface area contributed by atoms with Crippen LogP contribution in [-0.4, -0.2) is 63.3 Å². The lowest BCUT2D eigenvalue weighted by atomic mass is 10.3. The summed E-state index contributed by atoms with van der Waals surface area (Å²) in [6.45, 7) is 9.50. The average Bonchev–Trinajstić information content (AvgIpc) is 2.89. The highest BCUT2D eigenvalue weighted by Gasteiger charge is 2.18. The van der Waals surface area contributed by atoms with Gasteiger partial charge in [0.25, 0.3) is 0 Å². The van der Waals surface area contributed by atoms with Crippen LogP contribution in [0, 0.1) is 0 Å². The van der Waals surface area contributed by atoms with Crippen LogP contribution in [0.5, 0.6) is 0 Å². The van der Waals surface area contributed by atoms with Crippen molar-refractivity contribution in [1.82, 2.24) is 19.6 Å². The second-order valence-electron chi connectivity index (χ2n) is 5.52. The van der Waals surface area contributed by atoms with Crippen LogP contribution in [0.4, 0.5) is 0 Å². The predicted molar refractivity (Wildman–Crippen MR) is 77.7 cm³/mol. The Hall–Kier alpha value is -1.60. The first-order chi connectivity index (χ1) is 9.58. The number of nitrogens with zero attached hydrogens (tertiary/aromatic N) is 5. The summed E-state index contributed by atoms with van der Waals surface area (Å²) < 4.78 is 1.99. The van der Waals surface area contributed by atoms with E-state index in [0.717, 1.165) is 38.4 Å². The minimum atomic E-state index is 0.272. The zero-order valence-electron chi connectivity index (χ0n) is 12.2. The molecule has 0 aromatic carbocycles. The lowest BCUT2D eigenvalue weighted by Crippen LogP contribution is -2.48. The lowest BCUT2D eigenvalue weighted by Gasteiger charge is -2.33. The Morgan fingerprint density at radius 1 is 1.35 bits per heavy atom. The molecule has 1 saturated heterocycles. The van der Waals surface area contributed by atoms with Gasteiger partial charge >= 0.3 is 0 Å². The highest BCUT2D eigenvalue weighted by molar-refractivity contribution is 5.81. The molecule has 2 rings (SSSR count). The smallest absolute Gasteiger partial charge is 0.153 e. The molecule has 0 aliphatic carbocycles. The number of hydrogen-bond acceptors (Lipinski definition) is 5. The average molecular weight is 280 g/mol. The summed E-state index contributed by atoms with van der Waals surface area (Å²) >= 11 is 0. The maximum Gasteiger partial charge on any atom is 0.153 e. The molecule has 0 radical (unpaired) electrons. The minimum absolute atomic E-state index is 0.272. The van der Waals surface area contributed by atoms with Crippen molar-refractivity contribution in [3.63, 3.8) is 0 Å². The van der Waals surface area contributed by atoms with Gasteiger partial charge in [-0.3, -0.25) is 14.5 Å². The third-order valence-corrected chi connectivity index (χ3v) is 3.56. The molecule has 1 fully saturated rings. The summed E-state index contributed by atoms with van der Waals surface area (Å²) in [6.07, 6.45) is 2.04. The molecule has 0 bridgehead atoms. The number of hydrogen-bond donors (Lipinski definition) is 2. The van der Waals surface area contributed by atoms with E-state index in [-0.39, 0.29) is 5.84 Å². The molecule has 2 heterocycles. The van der Waals surface area contributed by atoms with Gasteiger partial charge in [0.1, 0.15) is 0 Å². The SMILES string of the molecule is CC(C)n1ccc(CN2CCN(CC(N)=NO)CC2)n1. The van der Waals surface area contributed by atoms with E-state index in [1.165, 1.54) is 0 Å². The van der Waals surface area contributed by atoms with Crippen molar-refractivity contribution in [2.75, 3.05) is 32.7 Å². The highest BCUT2D eigenvalue weighted by atomic mass is 16.4. The molecule has 0 atom stereocenters. The molecule has 112 valence electrons. The molecule has 0 unspecified atom stereocenters. The Kier molecular flexibility index (Phi) is 4.97. The maximum atomic E-state index is 8.57. The molecule has 1 aromatic rings. The van der Waals surface area contributed by atoms with Crippen molar-refractivity contribution < 1.29 is 5.21 Å². The van der Waals surface area contributed by atoms with Gasteiger partial charge in [0.2, 0.25) is 0 Å². The van der Waals surface area contributed by atoms with Gasteiger partial charge in [0.05, 0.1) is 12.2 Å². The van der Waals surface area contributed by atoms with Crippen LogP contribution < -0.4 is 5.73 Å². The second-order valence-corrected chi connectivity index (χ2v) is 5.52. The first-order valence-corrected chi connectivity index (χ1v) is 7.03. The van der Waals surface area contributed by atoms with Gasteiger partial charge in [-0.2, -0.15) is 5.10 Å². The predicted octanol–water partition coefficient (Wildman–Crippen LogP) is 0.328. The Morgan fingerprint density at radius 2 is 2.00 bits per heavy atom. The molecule has 3 N–H and O–H groups in total. The number of nitrogens with two attached hydrogens (primary N) is 1. The topological polar surface area (TPSA) is 82.9 Å². The molecule has 0 saturated carbocycles. The fraction of sp³-hybridized carbons (Fsp3) is 0.692. The van der Waals surface area contributed by atoms with Gasteiger partial charge in [-0.15, -0.1) is 0 Å². The fourth-order valence-electron chi connectivity index (χ4n) is 2.34. The van der Waals surface area contributed by atoms with Crippen LogP contribution in [-0.2, 0) is 6.54 Å². The molecular formula is C13H24N6O. The minimum Gasteiger partial charge on any atom is -0.409 e. The van der Waals surface area contributed by atoms with Gasteiger partial charge in [-0.25, -0.2) is 0 Å². The number of aromatic nitrogens is 2. The highest BCUT2D eigenvalue weighted by Crippen LogP contribution is 2.09. The molecule has 1 aliphatic rings. The fourth-order valence-corrected chi connectivity index (χ4v) is 2.34. The lowest BCUT2D eigenvalue weighted by molar-refractivity contribution is 0.137. The van der Waals surface area contributed by atoms with Crippen molar-refractivity contribution in [2.45, 2.75) is 26.4 Å². The Morgan fingerprint density at radius 3 is 2.55 bits per heavy atom.